The third kappa shape index (κ3) is 12.2. The largest absolute Gasteiger partial charge is 0.433 e. The summed E-state index contributed by atoms with van der Waals surface area (Å²) in [6.45, 7) is 2.06. The molecule has 0 amide bonds. The lowest BCUT2D eigenvalue weighted by molar-refractivity contribution is -0.196. The number of benzene rings is 3. The van der Waals surface area contributed by atoms with Gasteiger partial charge in [-0.2, -0.15) is 0 Å². The second kappa shape index (κ2) is 23.0. The molecule has 0 aromatic heterocycles. The Morgan fingerprint density at radius 2 is 1.21 bits per heavy atom. The average Bonchev–Trinajstić information content (AvgIpc) is 3.53. The SMILES string of the molecule is O=C(C=CCCCC[C@H]1C(=O)CC(OC2CCCCO2)[C@@H]1CCCCCCCCOC(c1ccccc1)(c1ccccc1)c1ccccc1)OC1CCCCO1. The maximum absolute atomic E-state index is 13.4. The number of hydrogen-bond donors (Lipinski definition) is 0. The van der Waals surface area contributed by atoms with Gasteiger partial charge in [0.05, 0.1) is 12.7 Å². The summed E-state index contributed by atoms with van der Waals surface area (Å²) in [7, 11) is 0. The number of carbonyl (C=O) groups is 2. The van der Waals surface area contributed by atoms with Crippen molar-refractivity contribution in [3.05, 3.63) is 120 Å². The Balaban J connectivity index is 0.947. The van der Waals surface area contributed by atoms with E-state index in [1.807, 2.05) is 6.08 Å². The summed E-state index contributed by atoms with van der Waals surface area (Å²) in [6.07, 6.45) is 20.5. The fourth-order valence-electron chi connectivity index (χ4n) is 8.89. The molecule has 302 valence electrons. The van der Waals surface area contributed by atoms with Gasteiger partial charge in [-0.3, -0.25) is 4.79 Å². The lowest BCUT2D eigenvalue weighted by atomic mass is 9.80. The summed E-state index contributed by atoms with van der Waals surface area (Å²) >= 11 is 0. The number of Topliss-reactive ketones (excluding diaryl/α,β-unsaturated/α-hetero) is 1. The molecule has 1 aliphatic carbocycles. The summed E-state index contributed by atoms with van der Waals surface area (Å²) in [5.74, 6) is 0.291. The molecule has 3 unspecified atom stereocenters. The van der Waals surface area contributed by atoms with Gasteiger partial charge in [-0.1, -0.05) is 136 Å². The first kappa shape index (κ1) is 42.0. The minimum absolute atomic E-state index is 0.0391. The number of allylic oxidation sites excluding steroid dienone is 1. The molecule has 6 rings (SSSR count). The van der Waals surface area contributed by atoms with Crippen molar-refractivity contribution < 1.29 is 33.3 Å². The van der Waals surface area contributed by atoms with Gasteiger partial charge in [-0.25, -0.2) is 4.79 Å². The zero-order chi connectivity index (χ0) is 38.7. The molecule has 1 saturated carbocycles. The Hall–Kier alpha value is -3.62. The summed E-state index contributed by atoms with van der Waals surface area (Å²) in [4.78, 5) is 25.6. The van der Waals surface area contributed by atoms with Crippen molar-refractivity contribution in [2.45, 2.75) is 140 Å². The Kier molecular flexibility index (Phi) is 17.2. The van der Waals surface area contributed by atoms with Gasteiger partial charge in [0.2, 0.25) is 6.29 Å². The van der Waals surface area contributed by atoms with Crippen molar-refractivity contribution in [1.82, 2.24) is 0 Å². The Labute approximate surface area is 335 Å². The second-order valence-corrected chi connectivity index (χ2v) is 15.9. The summed E-state index contributed by atoms with van der Waals surface area (Å²) in [6, 6.07) is 31.8. The molecule has 3 aromatic carbocycles. The Morgan fingerprint density at radius 1 is 0.661 bits per heavy atom. The van der Waals surface area contributed by atoms with E-state index in [-0.39, 0.29) is 30.2 Å². The minimum atomic E-state index is -0.672. The number of carbonyl (C=O) groups excluding carboxylic acids is 2. The van der Waals surface area contributed by atoms with Crippen LogP contribution >= 0.6 is 0 Å². The number of esters is 1. The number of unbranched alkanes of at least 4 members (excludes halogenated alkanes) is 7. The molecule has 7 heteroatoms. The van der Waals surface area contributed by atoms with Crippen molar-refractivity contribution in [3.63, 3.8) is 0 Å². The van der Waals surface area contributed by atoms with Crippen LogP contribution in [0.15, 0.2) is 103 Å². The highest BCUT2D eigenvalue weighted by Gasteiger charge is 2.43. The summed E-state index contributed by atoms with van der Waals surface area (Å²) in [5, 5.41) is 0. The van der Waals surface area contributed by atoms with E-state index in [0.29, 0.717) is 25.4 Å². The van der Waals surface area contributed by atoms with Crippen LogP contribution in [-0.4, -0.2) is 50.3 Å². The van der Waals surface area contributed by atoms with E-state index >= 15 is 0 Å². The van der Waals surface area contributed by atoms with Gasteiger partial charge in [0.25, 0.3) is 0 Å². The summed E-state index contributed by atoms with van der Waals surface area (Å²) < 4.78 is 30.3. The first-order valence-electron chi connectivity index (χ1n) is 21.7. The molecule has 3 fully saturated rings. The van der Waals surface area contributed by atoms with Crippen LogP contribution in [0.25, 0.3) is 0 Å². The van der Waals surface area contributed by atoms with Crippen LogP contribution in [0.2, 0.25) is 0 Å². The highest BCUT2D eigenvalue weighted by Crippen LogP contribution is 2.41. The lowest BCUT2D eigenvalue weighted by Gasteiger charge is -2.36. The fraction of sp³-hybridized carbons (Fsp3) is 0.551. The molecule has 2 heterocycles. The zero-order valence-electron chi connectivity index (χ0n) is 33.4. The highest BCUT2D eigenvalue weighted by molar-refractivity contribution is 5.84. The van der Waals surface area contributed by atoms with Crippen molar-refractivity contribution in [3.8, 4) is 0 Å². The van der Waals surface area contributed by atoms with Crippen LogP contribution in [0.5, 0.6) is 0 Å². The Bertz CT molecular complexity index is 1480. The molecule has 3 aromatic rings. The number of rotatable bonds is 22. The van der Waals surface area contributed by atoms with Gasteiger partial charge < -0.3 is 23.7 Å². The number of hydrogen-bond acceptors (Lipinski definition) is 7. The van der Waals surface area contributed by atoms with Crippen LogP contribution in [0, 0.1) is 11.8 Å². The number of ketones is 1. The van der Waals surface area contributed by atoms with Crippen molar-refractivity contribution in [2.75, 3.05) is 19.8 Å². The molecule has 0 N–H and O–H groups in total. The van der Waals surface area contributed by atoms with Crippen LogP contribution in [0.4, 0.5) is 0 Å². The smallest absolute Gasteiger partial charge is 0.332 e. The maximum Gasteiger partial charge on any atom is 0.332 e. The standard InChI is InChI=1S/C49H64O7/c50-44-38-45(55-47-33-19-22-35-52-47)43(42(44)30-16-4-5-18-32-46(51)56-48-34-20-23-36-53-48)31-17-3-1-2-6-21-37-54-49(39-24-10-7-11-25-39,40-26-12-8-13-27-40)41-28-14-9-15-29-41/h7-15,18,24-29,32,42-43,45,47-48H,1-6,16-17,19-23,30-31,33-38H2/t42-,43-,45?,47?,48?/m1/s1. The third-order valence-electron chi connectivity index (χ3n) is 11.8. The lowest BCUT2D eigenvalue weighted by Crippen LogP contribution is -2.33. The quantitative estimate of drug-likeness (QED) is 0.0436. The van der Waals surface area contributed by atoms with Crippen LogP contribution in [0.1, 0.15) is 132 Å². The fourth-order valence-corrected chi connectivity index (χ4v) is 8.89. The van der Waals surface area contributed by atoms with Crippen LogP contribution in [-0.2, 0) is 38.9 Å². The first-order chi connectivity index (χ1) is 27.6. The monoisotopic (exact) mass is 764 g/mol. The molecule has 0 bridgehead atoms. The molecule has 56 heavy (non-hydrogen) atoms. The Morgan fingerprint density at radius 3 is 1.80 bits per heavy atom. The van der Waals surface area contributed by atoms with E-state index in [4.69, 9.17) is 23.7 Å². The molecular weight excluding hydrogens is 701 g/mol. The van der Waals surface area contributed by atoms with E-state index < -0.39 is 11.9 Å². The van der Waals surface area contributed by atoms with Gasteiger partial charge >= 0.3 is 5.97 Å². The maximum atomic E-state index is 13.4. The molecule has 2 saturated heterocycles. The van der Waals surface area contributed by atoms with Crippen molar-refractivity contribution in [2.24, 2.45) is 11.8 Å². The topological polar surface area (TPSA) is 80.3 Å². The van der Waals surface area contributed by atoms with E-state index in [1.165, 1.54) is 12.5 Å². The molecular formula is C49H64O7. The van der Waals surface area contributed by atoms with Gasteiger partial charge in [0, 0.05) is 38.0 Å². The molecule has 2 aliphatic heterocycles. The first-order valence-corrected chi connectivity index (χ1v) is 21.7. The highest BCUT2D eigenvalue weighted by atomic mass is 16.7. The molecule has 5 atom stereocenters. The van der Waals surface area contributed by atoms with Gasteiger partial charge in [0.15, 0.2) is 6.29 Å². The molecule has 0 radical (unpaired) electrons. The normalized spacial score (nSPS) is 23.1. The van der Waals surface area contributed by atoms with Gasteiger partial charge in [-0.15, -0.1) is 0 Å². The van der Waals surface area contributed by atoms with E-state index in [9.17, 15) is 9.59 Å². The minimum Gasteiger partial charge on any atom is -0.433 e. The van der Waals surface area contributed by atoms with E-state index in [2.05, 4.69) is 91.0 Å². The average molecular weight is 765 g/mol. The van der Waals surface area contributed by atoms with Crippen LogP contribution < -0.4 is 0 Å². The molecule has 7 nitrogen and oxygen atoms in total. The third-order valence-corrected chi connectivity index (χ3v) is 11.8. The molecule has 0 spiro atoms. The van der Waals surface area contributed by atoms with Gasteiger partial charge in [-0.05, 0) is 86.8 Å². The van der Waals surface area contributed by atoms with E-state index in [0.717, 1.165) is 126 Å². The van der Waals surface area contributed by atoms with Crippen molar-refractivity contribution in [1.29, 1.82) is 0 Å². The van der Waals surface area contributed by atoms with E-state index in [1.54, 1.807) is 0 Å². The van der Waals surface area contributed by atoms with Gasteiger partial charge in [0.1, 0.15) is 11.4 Å². The summed E-state index contributed by atoms with van der Waals surface area (Å²) in [5.41, 5.74) is 2.74. The van der Waals surface area contributed by atoms with Crippen LogP contribution in [0.3, 0.4) is 0 Å². The molecule has 3 aliphatic rings. The zero-order valence-corrected chi connectivity index (χ0v) is 33.4. The predicted octanol–water partition coefficient (Wildman–Crippen LogP) is 11.0. The van der Waals surface area contributed by atoms with Crippen molar-refractivity contribution >= 4 is 11.8 Å². The second-order valence-electron chi connectivity index (χ2n) is 15.9. The number of ether oxygens (including phenoxy) is 5. The predicted molar refractivity (Wildman–Crippen MR) is 220 cm³/mol.